The van der Waals surface area contributed by atoms with Crippen molar-refractivity contribution in [3.05, 3.63) is 78.5 Å². The van der Waals surface area contributed by atoms with Gasteiger partial charge < -0.3 is 9.84 Å². The number of aliphatic carboxylic acids is 1. The number of nitrogens with zero attached hydrogens (tertiary/aromatic N) is 4. The monoisotopic (exact) mass is 504 g/mol. The van der Waals surface area contributed by atoms with Gasteiger partial charge in [0, 0.05) is 43.6 Å². The smallest absolute Gasteiger partial charge is 0.475 e. The molecule has 3 heterocycles. The lowest BCUT2D eigenvalue weighted by atomic mass is 9.81. The molecule has 11 heteroatoms. The number of esters is 1. The van der Waals surface area contributed by atoms with Crippen LogP contribution in [-0.2, 0) is 16.1 Å². The summed E-state index contributed by atoms with van der Waals surface area (Å²) in [4.78, 5) is 32.4. The maximum atomic E-state index is 12.7. The average Bonchev–Trinajstić information content (AvgIpc) is 3.36. The molecular formula is C25H27F3N4O4. The first-order valence-electron chi connectivity index (χ1n) is 11.2. The SMILES string of the molecule is CC1(C)CN(Cc2ccccc2)CCC1OC(=O)c1ccc(-n2ccnc2)nc1.O=C(O)C(F)(F)F. The number of halogens is 3. The standard InChI is InChI=1S/C23H26N4O2.C2HF3O2/c1-23(2)16-26(15-18-6-4-3-5-7-18)12-10-20(23)29-22(28)19-8-9-21(25-14-19)27-13-11-24-17-27;3-2(4,5)1(6)7/h3-9,11,13-14,17,20H,10,12,15-16H2,1-2H3;(H,6,7). The number of piperidine rings is 1. The Bertz CT molecular complexity index is 1130. The summed E-state index contributed by atoms with van der Waals surface area (Å²) in [6.07, 6.45) is 2.37. The van der Waals surface area contributed by atoms with Crippen LogP contribution in [0.3, 0.4) is 0 Å². The highest BCUT2D eigenvalue weighted by molar-refractivity contribution is 5.89. The molecular weight excluding hydrogens is 477 g/mol. The number of carboxylic acids is 1. The lowest BCUT2D eigenvalue weighted by Gasteiger charge is -2.43. The third-order valence-electron chi connectivity index (χ3n) is 5.70. The molecule has 2 aromatic heterocycles. The van der Waals surface area contributed by atoms with Crippen molar-refractivity contribution in [2.75, 3.05) is 13.1 Å². The van der Waals surface area contributed by atoms with Gasteiger partial charge in [-0.1, -0.05) is 44.2 Å². The van der Waals surface area contributed by atoms with Gasteiger partial charge in [-0.3, -0.25) is 9.47 Å². The molecule has 1 saturated heterocycles. The van der Waals surface area contributed by atoms with E-state index in [1.54, 1.807) is 35.4 Å². The molecule has 1 fully saturated rings. The van der Waals surface area contributed by atoms with E-state index in [0.717, 1.165) is 26.1 Å². The number of ether oxygens (including phenoxy) is 1. The van der Waals surface area contributed by atoms with Crippen LogP contribution in [0.5, 0.6) is 0 Å². The fourth-order valence-corrected chi connectivity index (χ4v) is 3.89. The second-order valence-electron chi connectivity index (χ2n) is 9.05. The van der Waals surface area contributed by atoms with E-state index in [-0.39, 0.29) is 17.5 Å². The number of alkyl halides is 3. The number of pyridine rings is 1. The van der Waals surface area contributed by atoms with E-state index in [1.807, 2.05) is 12.3 Å². The van der Waals surface area contributed by atoms with E-state index in [4.69, 9.17) is 14.6 Å². The second-order valence-corrected chi connectivity index (χ2v) is 9.05. The zero-order valence-electron chi connectivity index (χ0n) is 19.9. The van der Waals surface area contributed by atoms with Crippen LogP contribution in [0.2, 0.25) is 0 Å². The first kappa shape index (κ1) is 26.9. The Balaban J connectivity index is 0.000000454. The van der Waals surface area contributed by atoms with Crippen molar-refractivity contribution in [3.8, 4) is 5.82 Å². The number of rotatable bonds is 5. The van der Waals surface area contributed by atoms with Crippen molar-refractivity contribution >= 4 is 11.9 Å². The maximum absolute atomic E-state index is 12.7. The summed E-state index contributed by atoms with van der Waals surface area (Å²) in [5.74, 6) is -2.36. The molecule has 0 aliphatic carbocycles. The van der Waals surface area contributed by atoms with Crippen molar-refractivity contribution < 1.29 is 32.6 Å². The number of likely N-dealkylation sites (tertiary alicyclic amines) is 1. The van der Waals surface area contributed by atoms with Gasteiger partial charge in [0.2, 0.25) is 0 Å². The van der Waals surface area contributed by atoms with Crippen LogP contribution in [0.15, 0.2) is 67.4 Å². The topological polar surface area (TPSA) is 97.5 Å². The van der Waals surface area contributed by atoms with Gasteiger partial charge >= 0.3 is 18.1 Å². The normalized spacial score (nSPS) is 17.5. The van der Waals surface area contributed by atoms with E-state index < -0.39 is 12.1 Å². The minimum Gasteiger partial charge on any atom is -0.475 e. The average molecular weight is 505 g/mol. The predicted molar refractivity (Wildman–Crippen MR) is 124 cm³/mol. The molecule has 1 atom stereocenters. The molecule has 0 saturated carbocycles. The van der Waals surface area contributed by atoms with E-state index >= 15 is 0 Å². The minimum atomic E-state index is -5.08. The first-order chi connectivity index (χ1) is 17.0. The van der Waals surface area contributed by atoms with Crippen molar-refractivity contribution in [1.29, 1.82) is 0 Å². The molecule has 1 aliphatic heterocycles. The van der Waals surface area contributed by atoms with Gasteiger partial charge in [0.15, 0.2) is 0 Å². The second kappa shape index (κ2) is 11.3. The van der Waals surface area contributed by atoms with Crippen LogP contribution >= 0.6 is 0 Å². The van der Waals surface area contributed by atoms with Crippen LogP contribution in [0.4, 0.5) is 13.2 Å². The summed E-state index contributed by atoms with van der Waals surface area (Å²) >= 11 is 0. The molecule has 0 bridgehead atoms. The molecule has 1 aromatic carbocycles. The Kier molecular flexibility index (Phi) is 8.46. The van der Waals surface area contributed by atoms with Crippen LogP contribution < -0.4 is 0 Å². The summed E-state index contributed by atoms with van der Waals surface area (Å²) in [7, 11) is 0. The fourth-order valence-electron chi connectivity index (χ4n) is 3.89. The lowest BCUT2D eigenvalue weighted by molar-refractivity contribution is -0.192. The molecule has 1 unspecified atom stereocenters. The Morgan fingerprint density at radius 2 is 1.86 bits per heavy atom. The van der Waals surface area contributed by atoms with Crippen LogP contribution in [0.25, 0.3) is 5.82 Å². The summed E-state index contributed by atoms with van der Waals surface area (Å²) < 4.78 is 39.4. The van der Waals surface area contributed by atoms with Gasteiger partial charge in [-0.15, -0.1) is 0 Å². The number of aromatic nitrogens is 3. The summed E-state index contributed by atoms with van der Waals surface area (Å²) in [5, 5.41) is 7.12. The van der Waals surface area contributed by atoms with Crippen molar-refractivity contribution in [2.24, 2.45) is 5.41 Å². The van der Waals surface area contributed by atoms with Crippen molar-refractivity contribution in [1.82, 2.24) is 19.4 Å². The Labute approximate surface area is 206 Å². The van der Waals surface area contributed by atoms with Crippen LogP contribution in [0.1, 0.15) is 36.2 Å². The van der Waals surface area contributed by atoms with E-state index in [9.17, 15) is 18.0 Å². The number of hydrogen-bond acceptors (Lipinski definition) is 6. The summed E-state index contributed by atoms with van der Waals surface area (Å²) in [6.45, 7) is 7.06. The zero-order valence-corrected chi connectivity index (χ0v) is 19.9. The third kappa shape index (κ3) is 7.38. The van der Waals surface area contributed by atoms with Gasteiger partial charge in [0.05, 0.1) is 5.56 Å². The van der Waals surface area contributed by atoms with Gasteiger partial charge in [0.25, 0.3) is 0 Å². The lowest BCUT2D eigenvalue weighted by Crippen LogP contribution is -2.49. The highest BCUT2D eigenvalue weighted by Gasteiger charge is 2.39. The highest BCUT2D eigenvalue weighted by Crippen LogP contribution is 2.33. The van der Waals surface area contributed by atoms with E-state index in [1.165, 1.54) is 5.56 Å². The third-order valence-corrected chi connectivity index (χ3v) is 5.70. The fraction of sp³-hybridized carbons (Fsp3) is 0.360. The Hall–Kier alpha value is -3.73. The largest absolute Gasteiger partial charge is 0.490 e. The van der Waals surface area contributed by atoms with E-state index in [0.29, 0.717) is 11.4 Å². The zero-order chi connectivity index (χ0) is 26.3. The van der Waals surface area contributed by atoms with Gasteiger partial charge in [-0.25, -0.2) is 19.6 Å². The van der Waals surface area contributed by atoms with Crippen LogP contribution in [0, 0.1) is 5.41 Å². The van der Waals surface area contributed by atoms with Gasteiger partial charge in [-0.05, 0) is 24.1 Å². The van der Waals surface area contributed by atoms with Crippen LogP contribution in [-0.4, -0.2) is 61.8 Å². The number of carboxylic acid groups (broad SMARTS) is 1. The molecule has 4 rings (SSSR count). The quantitative estimate of drug-likeness (QED) is 0.516. The Morgan fingerprint density at radius 1 is 1.17 bits per heavy atom. The maximum Gasteiger partial charge on any atom is 0.490 e. The van der Waals surface area contributed by atoms with Gasteiger partial charge in [0.1, 0.15) is 18.2 Å². The molecule has 0 amide bonds. The minimum absolute atomic E-state index is 0.115. The number of imidazole rings is 1. The molecule has 1 N–H and O–H groups in total. The predicted octanol–water partition coefficient (Wildman–Crippen LogP) is 4.36. The Morgan fingerprint density at radius 3 is 2.39 bits per heavy atom. The molecule has 3 aromatic rings. The summed E-state index contributed by atoms with van der Waals surface area (Å²) in [6, 6.07) is 14.0. The number of carbonyl (C=O) groups excluding carboxylic acids is 1. The molecule has 8 nitrogen and oxygen atoms in total. The highest BCUT2D eigenvalue weighted by atomic mass is 19.4. The van der Waals surface area contributed by atoms with Crippen molar-refractivity contribution in [3.63, 3.8) is 0 Å². The van der Waals surface area contributed by atoms with Crippen molar-refractivity contribution in [2.45, 2.75) is 39.1 Å². The number of benzene rings is 1. The molecule has 36 heavy (non-hydrogen) atoms. The van der Waals surface area contributed by atoms with Gasteiger partial charge in [-0.2, -0.15) is 13.2 Å². The number of hydrogen-bond donors (Lipinski definition) is 1. The van der Waals surface area contributed by atoms with E-state index in [2.05, 4.69) is 53.0 Å². The number of carbonyl (C=O) groups is 2. The summed E-state index contributed by atoms with van der Waals surface area (Å²) in [5.41, 5.74) is 1.66. The first-order valence-corrected chi connectivity index (χ1v) is 11.2. The molecule has 192 valence electrons. The molecule has 1 aliphatic rings. The molecule has 0 spiro atoms. The molecule has 0 radical (unpaired) electrons.